The van der Waals surface area contributed by atoms with E-state index < -0.39 is 0 Å². The number of anilines is 1. The molecule has 0 atom stereocenters. The molecule has 0 saturated heterocycles. The standard InChI is InChI=1S/C19H20N4O2/c1-23(2)16-10-8-15(9-11-16)17-21-19(25-22-17)18(24)20-13-12-14-6-4-3-5-7-14/h3-11H,12-13H2,1-2H3,(H,20,24). The molecule has 6 heteroatoms. The number of nitrogens with one attached hydrogen (secondary N) is 1. The first kappa shape index (κ1) is 16.7. The van der Waals surface area contributed by atoms with Gasteiger partial charge in [-0.2, -0.15) is 4.98 Å². The van der Waals surface area contributed by atoms with Crippen LogP contribution in [0, 0.1) is 0 Å². The van der Waals surface area contributed by atoms with E-state index in [1.54, 1.807) is 0 Å². The van der Waals surface area contributed by atoms with Gasteiger partial charge in [0.15, 0.2) is 0 Å². The Morgan fingerprint density at radius 3 is 2.48 bits per heavy atom. The molecule has 6 nitrogen and oxygen atoms in total. The van der Waals surface area contributed by atoms with Crippen LogP contribution in [0.5, 0.6) is 0 Å². The Hall–Kier alpha value is -3.15. The number of aromatic nitrogens is 2. The number of amides is 1. The van der Waals surface area contributed by atoms with E-state index in [4.69, 9.17) is 4.52 Å². The van der Waals surface area contributed by atoms with E-state index in [1.165, 1.54) is 0 Å². The van der Waals surface area contributed by atoms with Crippen molar-refractivity contribution in [3.63, 3.8) is 0 Å². The fourth-order valence-corrected chi connectivity index (χ4v) is 2.38. The van der Waals surface area contributed by atoms with Crippen molar-refractivity contribution < 1.29 is 9.32 Å². The summed E-state index contributed by atoms with van der Waals surface area (Å²) in [6, 6.07) is 17.7. The summed E-state index contributed by atoms with van der Waals surface area (Å²) in [5, 5.41) is 6.68. The lowest BCUT2D eigenvalue weighted by Crippen LogP contribution is -2.25. The van der Waals surface area contributed by atoms with Gasteiger partial charge in [-0.25, -0.2) is 0 Å². The van der Waals surface area contributed by atoms with Gasteiger partial charge in [-0.05, 0) is 36.2 Å². The van der Waals surface area contributed by atoms with Gasteiger partial charge in [-0.3, -0.25) is 4.79 Å². The molecule has 1 aromatic heterocycles. The monoisotopic (exact) mass is 336 g/mol. The zero-order valence-corrected chi connectivity index (χ0v) is 14.3. The van der Waals surface area contributed by atoms with Crippen LogP contribution in [0.25, 0.3) is 11.4 Å². The van der Waals surface area contributed by atoms with Crippen LogP contribution in [0.2, 0.25) is 0 Å². The Bertz CT molecular complexity index is 826. The molecule has 0 unspecified atom stereocenters. The molecule has 25 heavy (non-hydrogen) atoms. The number of rotatable bonds is 6. The maximum Gasteiger partial charge on any atom is 0.316 e. The highest BCUT2D eigenvalue weighted by atomic mass is 16.5. The van der Waals surface area contributed by atoms with E-state index >= 15 is 0 Å². The summed E-state index contributed by atoms with van der Waals surface area (Å²) in [7, 11) is 3.95. The molecule has 2 aromatic carbocycles. The van der Waals surface area contributed by atoms with E-state index in [0.29, 0.717) is 12.4 Å². The smallest absolute Gasteiger partial charge is 0.316 e. The van der Waals surface area contributed by atoms with Crippen LogP contribution >= 0.6 is 0 Å². The fraction of sp³-hybridized carbons (Fsp3) is 0.211. The average molecular weight is 336 g/mol. The first-order valence-electron chi connectivity index (χ1n) is 8.07. The maximum absolute atomic E-state index is 12.1. The second-order valence-electron chi connectivity index (χ2n) is 5.86. The molecular weight excluding hydrogens is 316 g/mol. The summed E-state index contributed by atoms with van der Waals surface area (Å²) in [5.41, 5.74) is 3.04. The third-order valence-corrected chi connectivity index (χ3v) is 3.80. The Labute approximate surface area is 146 Å². The van der Waals surface area contributed by atoms with Gasteiger partial charge in [0.1, 0.15) is 0 Å². The average Bonchev–Trinajstić information content (AvgIpc) is 3.13. The zero-order chi connectivity index (χ0) is 17.6. The first-order valence-corrected chi connectivity index (χ1v) is 8.07. The van der Waals surface area contributed by atoms with Crippen molar-refractivity contribution in [3.8, 4) is 11.4 Å². The summed E-state index contributed by atoms with van der Waals surface area (Å²) < 4.78 is 5.08. The van der Waals surface area contributed by atoms with Crippen molar-refractivity contribution in [3.05, 3.63) is 66.1 Å². The molecule has 0 fully saturated rings. The maximum atomic E-state index is 12.1. The van der Waals surface area contributed by atoms with Gasteiger partial charge in [-0.15, -0.1) is 0 Å². The van der Waals surface area contributed by atoms with E-state index in [-0.39, 0.29) is 11.8 Å². The van der Waals surface area contributed by atoms with Gasteiger partial charge in [0.25, 0.3) is 0 Å². The van der Waals surface area contributed by atoms with E-state index in [2.05, 4.69) is 15.5 Å². The molecule has 0 spiro atoms. The van der Waals surface area contributed by atoms with Gasteiger partial charge >= 0.3 is 11.8 Å². The Balaban J connectivity index is 1.59. The highest BCUT2D eigenvalue weighted by Crippen LogP contribution is 2.19. The van der Waals surface area contributed by atoms with Crippen LogP contribution in [-0.4, -0.2) is 36.7 Å². The normalized spacial score (nSPS) is 10.5. The minimum absolute atomic E-state index is 0.0280. The van der Waals surface area contributed by atoms with Crippen molar-refractivity contribution in [1.29, 1.82) is 0 Å². The molecular formula is C19H20N4O2. The third kappa shape index (κ3) is 4.23. The molecule has 0 bridgehead atoms. The topological polar surface area (TPSA) is 71.3 Å². The largest absolute Gasteiger partial charge is 0.378 e. The van der Waals surface area contributed by atoms with Crippen LogP contribution in [0.15, 0.2) is 59.1 Å². The first-order chi connectivity index (χ1) is 12.1. The van der Waals surface area contributed by atoms with Crippen molar-refractivity contribution in [2.75, 3.05) is 25.5 Å². The minimum Gasteiger partial charge on any atom is -0.378 e. The number of nitrogens with zero attached hydrogens (tertiary/aromatic N) is 3. The molecule has 0 radical (unpaired) electrons. The van der Waals surface area contributed by atoms with Crippen LogP contribution in [0.4, 0.5) is 5.69 Å². The van der Waals surface area contributed by atoms with Gasteiger partial charge in [0.05, 0.1) is 0 Å². The molecule has 3 rings (SSSR count). The molecule has 1 N–H and O–H groups in total. The predicted octanol–water partition coefficient (Wildman–Crippen LogP) is 2.78. The molecule has 0 aliphatic heterocycles. The zero-order valence-electron chi connectivity index (χ0n) is 14.3. The number of benzene rings is 2. The predicted molar refractivity (Wildman–Crippen MR) is 96.5 cm³/mol. The van der Waals surface area contributed by atoms with E-state index in [0.717, 1.165) is 23.2 Å². The van der Waals surface area contributed by atoms with Gasteiger partial charge in [0, 0.05) is 31.9 Å². The second-order valence-corrected chi connectivity index (χ2v) is 5.86. The lowest BCUT2D eigenvalue weighted by atomic mass is 10.1. The van der Waals surface area contributed by atoms with Crippen LogP contribution in [0.3, 0.4) is 0 Å². The van der Waals surface area contributed by atoms with Crippen LogP contribution in [-0.2, 0) is 6.42 Å². The van der Waals surface area contributed by atoms with Crippen LogP contribution < -0.4 is 10.2 Å². The summed E-state index contributed by atoms with van der Waals surface area (Å²) in [6.07, 6.45) is 0.750. The molecule has 0 saturated carbocycles. The number of carbonyl (C=O) groups excluding carboxylic acids is 1. The Morgan fingerprint density at radius 1 is 1.08 bits per heavy atom. The summed E-state index contributed by atoms with van der Waals surface area (Å²) in [5.74, 6) is 0.0119. The quantitative estimate of drug-likeness (QED) is 0.749. The van der Waals surface area contributed by atoms with Crippen molar-refractivity contribution >= 4 is 11.6 Å². The van der Waals surface area contributed by atoms with Crippen molar-refractivity contribution in [2.45, 2.75) is 6.42 Å². The highest BCUT2D eigenvalue weighted by molar-refractivity contribution is 5.89. The summed E-state index contributed by atoms with van der Waals surface area (Å²) in [6.45, 7) is 0.512. The molecule has 1 heterocycles. The summed E-state index contributed by atoms with van der Waals surface area (Å²) >= 11 is 0. The molecule has 0 aliphatic carbocycles. The fourth-order valence-electron chi connectivity index (χ4n) is 2.38. The molecule has 1 amide bonds. The van der Waals surface area contributed by atoms with Crippen molar-refractivity contribution in [2.24, 2.45) is 0 Å². The van der Waals surface area contributed by atoms with Crippen LogP contribution in [0.1, 0.15) is 16.2 Å². The van der Waals surface area contributed by atoms with Gasteiger partial charge < -0.3 is 14.7 Å². The number of hydrogen-bond acceptors (Lipinski definition) is 5. The molecule has 128 valence electrons. The number of carbonyl (C=O) groups is 1. The highest BCUT2D eigenvalue weighted by Gasteiger charge is 2.15. The van der Waals surface area contributed by atoms with Gasteiger partial charge in [-0.1, -0.05) is 35.5 Å². The second kappa shape index (κ2) is 7.61. The minimum atomic E-state index is -0.361. The Kier molecular flexibility index (Phi) is 5.09. The lowest BCUT2D eigenvalue weighted by Gasteiger charge is -2.11. The van der Waals surface area contributed by atoms with E-state index in [1.807, 2.05) is 73.6 Å². The lowest BCUT2D eigenvalue weighted by molar-refractivity contribution is 0.0910. The van der Waals surface area contributed by atoms with Gasteiger partial charge in [0.2, 0.25) is 5.82 Å². The van der Waals surface area contributed by atoms with Crippen molar-refractivity contribution in [1.82, 2.24) is 15.5 Å². The molecule has 0 aliphatic rings. The number of hydrogen-bond donors (Lipinski definition) is 1. The molecule has 3 aromatic rings. The SMILES string of the molecule is CN(C)c1ccc(-c2noc(C(=O)NCCc3ccccc3)n2)cc1. The third-order valence-electron chi connectivity index (χ3n) is 3.80. The Morgan fingerprint density at radius 2 is 1.80 bits per heavy atom. The van der Waals surface area contributed by atoms with E-state index in [9.17, 15) is 4.79 Å². The summed E-state index contributed by atoms with van der Waals surface area (Å²) in [4.78, 5) is 18.3.